The Balaban J connectivity index is 2.05. The molecule has 1 amide bonds. The summed E-state index contributed by atoms with van der Waals surface area (Å²) in [5.41, 5.74) is 0. The first-order valence-corrected chi connectivity index (χ1v) is 8.11. The average Bonchev–Trinajstić information content (AvgIpc) is 2.88. The second-order valence-electron chi connectivity index (χ2n) is 7.11. The SMILES string of the molecule is CC1CCC(C(C)C)C(NC(=O)c2n[nH]c(C(C)C)n2)C1. The van der Waals surface area contributed by atoms with Crippen LogP contribution in [-0.4, -0.2) is 27.1 Å². The van der Waals surface area contributed by atoms with E-state index >= 15 is 0 Å². The molecule has 5 heteroatoms. The van der Waals surface area contributed by atoms with Gasteiger partial charge >= 0.3 is 0 Å². The number of amides is 1. The Bertz CT molecular complexity index is 480. The molecule has 3 atom stereocenters. The van der Waals surface area contributed by atoms with E-state index in [-0.39, 0.29) is 23.7 Å². The van der Waals surface area contributed by atoms with Crippen LogP contribution in [0.2, 0.25) is 0 Å². The minimum Gasteiger partial charge on any atom is -0.346 e. The van der Waals surface area contributed by atoms with E-state index in [1.165, 1.54) is 12.8 Å². The van der Waals surface area contributed by atoms with Crippen molar-refractivity contribution in [2.24, 2.45) is 17.8 Å². The van der Waals surface area contributed by atoms with Crippen molar-refractivity contribution in [2.75, 3.05) is 0 Å². The number of aromatic nitrogens is 3. The summed E-state index contributed by atoms with van der Waals surface area (Å²) in [5.74, 6) is 2.93. The van der Waals surface area contributed by atoms with Crippen molar-refractivity contribution in [1.29, 1.82) is 0 Å². The lowest BCUT2D eigenvalue weighted by Crippen LogP contribution is -2.45. The summed E-state index contributed by atoms with van der Waals surface area (Å²) in [6, 6.07) is 0.238. The zero-order valence-electron chi connectivity index (χ0n) is 13.8. The molecule has 1 aliphatic carbocycles. The Labute approximate surface area is 127 Å². The van der Waals surface area contributed by atoms with E-state index in [9.17, 15) is 4.79 Å². The average molecular weight is 292 g/mol. The summed E-state index contributed by atoms with van der Waals surface area (Å²) in [7, 11) is 0. The van der Waals surface area contributed by atoms with Gasteiger partial charge in [0.1, 0.15) is 5.82 Å². The Kier molecular flexibility index (Phi) is 5.01. The van der Waals surface area contributed by atoms with Gasteiger partial charge in [0.25, 0.3) is 5.91 Å². The van der Waals surface area contributed by atoms with Crippen LogP contribution in [0.4, 0.5) is 0 Å². The number of H-pyrrole nitrogens is 1. The fourth-order valence-corrected chi connectivity index (χ4v) is 3.24. The van der Waals surface area contributed by atoms with E-state index < -0.39 is 0 Å². The van der Waals surface area contributed by atoms with E-state index in [0.29, 0.717) is 17.8 Å². The van der Waals surface area contributed by atoms with E-state index in [1.807, 2.05) is 13.8 Å². The molecule has 118 valence electrons. The monoisotopic (exact) mass is 292 g/mol. The van der Waals surface area contributed by atoms with Gasteiger partial charge in [0, 0.05) is 12.0 Å². The summed E-state index contributed by atoms with van der Waals surface area (Å²) in [6.45, 7) is 10.8. The molecule has 0 aliphatic heterocycles. The molecule has 1 aromatic heterocycles. The third kappa shape index (κ3) is 3.83. The zero-order valence-corrected chi connectivity index (χ0v) is 13.8. The number of nitrogens with zero attached hydrogens (tertiary/aromatic N) is 2. The van der Waals surface area contributed by atoms with Crippen LogP contribution in [0.25, 0.3) is 0 Å². The second-order valence-corrected chi connectivity index (χ2v) is 7.11. The molecule has 0 bridgehead atoms. The van der Waals surface area contributed by atoms with Gasteiger partial charge in [0.05, 0.1) is 0 Å². The maximum atomic E-state index is 12.4. The number of hydrogen-bond donors (Lipinski definition) is 2. The standard InChI is InChI=1S/C16H28N4O/c1-9(2)12-7-6-11(5)8-13(12)17-16(21)15-18-14(10(3)4)19-20-15/h9-13H,6-8H2,1-5H3,(H,17,21)(H,18,19,20). The molecule has 1 heterocycles. The number of carbonyl (C=O) groups is 1. The lowest BCUT2D eigenvalue weighted by Gasteiger charge is -2.37. The van der Waals surface area contributed by atoms with E-state index in [4.69, 9.17) is 0 Å². The number of hydrogen-bond acceptors (Lipinski definition) is 3. The number of nitrogens with one attached hydrogen (secondary N) is 2. The summed E-state index contributed by atoms with van der Waals surface area (Å²) < 4.78 is 0. The van der Waals surface area contributed by atoms with Crippen LogP contribution in [0.1, 0.15) is 76.2 Å². The number of carbonyl (C=O) groups excluding carboxylic acids is 1. The molecule has 0 radical (unpaired) electrons. The molecule has 1 aliphatic rings. The van der Waals surface area contributed by atoms with Gasteiger partial charge in [-0.05, 0) is 30.6 Å². The highest BCUT2D eigenvalue weighted by Crippen LogP contribution is 2.33. The van der Waals surface area contributed by atoms with Gasteiger partial charge in [0.15, 0.2) is 0 Å². The third-order valence-electron chi connectivity index (χ3n) is 4.59. The highest BCUT2D eigenvalue weighted by Gasteiger charge is 2.32. The van der Waals surface area contributed by atoms with Crippen molar-refractivity contribution in [2.45, 2.75) is 65.8 Å². The molecule has 1 aromatic rings. The molecular weight excluding hydrogens is 264 g/mol. The smallest absolute Gasteiger partial charge is 0.291 e. The third-order valence-corrected chi connectivity index (χ3v) is 4.59. The lowest BCUT2D eigenvalue weighted by atomic mass is 9.74. The van der Waals surface area contributed by atoms with Crippen LogP contribution in [0.15, 0.2) is 0 Å². The van der Waals surface area contributed by atoms with Crippen LogP contribution in [0.3, 0.4) is 0 Å². The number of aromatic amines is 1. The summed E-state index contributed by atoms with van der Waals surface area (Å²) >= 11 is 0. The van der Waals surface area contributed by atoms with E-state index in [2.05, 4.69) is 41.3 Å². The first-order chi connectivity index (χ1) is 9.88. The molecule has 0 spiro atoms. The summed E-state index contributed by atoms with van der Waals surface area (Å²) in [4.78, 5) is 16.7. The predicted octanol–water partition coefficient (Wildman–Crippen LogP) is 3.12. The lowest BCUT2D eigenvalue weighted by molar-refractivity contribution is 0.0857. The van der Waals surface area contributed by atoms with Gasteiger partial charge in [-0.25, -0.2) is 4.98 Å². The molecule has 0 saturated heterocycles. The van der Waals surface area contributed by atoms with E-state index in [1.54, 1.807) is 0 Å². The molecule has 3 unspecified atom stereocenters. The normalized spacial score (nSPS) is 26.3. The molecule has 5 nitrogen and oxygen atoms in total. The first kappa shape index (κ1) is 16.0. The molecular formula is C16H28N4O. The summed E-state index contributed by atoms with van der Waals surface area (Å²) in [6.07, 6.45) is 3.50. The summed E-state index contributed by atoms with van der Waals surface area (Å²) in [5, 5.41) is 10.1. The van der Waals surface area contributed by atoms with Gasteiger partial charge in [-0.2, -0.15) is 0 Å². The van der Waals surface area contributed by atoms with Gasteiger partial charge in [0.2, 0.25) is 5.82 Å². The van der Waals surface area contributed by atoms with Crippen LogP contribution < -0.4 is 5.32 Å². The highest BCUT2D eigenvalue weighted by molar-refractivity contribution is 5.90. The fraction of sp³-hybridized carbons (Fsp3) is 0.812. The Hall–Kier alpha value is -1.39. The predicted molar refractivity (Wildman–Crippen MR) is 83.1 cm³/mol. The van der Waals surface area contributed by atoms with E-state index in [0.717, 1.165) is 12.2 Å². The Morgan fingerprint density at radius 2 is 2.00 bits per heavy atom. The zero-order chi connectivity index (χ0) is 15.6. The topological polar surface area (TPSA) is 70.7 Å². The van der Waals surface area contributed by atoms with Crippen molar-refractivity contribution >= 4 is 5.91 Å². The van der Waals surface area contributed by atoms with Crippen molar-refractivity contribution < 1.29 is 4.79 Å². The fourth-order valence-electron chi connectivity index (χ4n) is 3.24. The molecule has 1 fully saturated rings. The highest BCUT2D eigenvalue weighted by atomic mass is 16.2. The maximum absolute atomic E-state index is 12.4. The maximum Gasteiger partial charge on any atom is 0.291 e. The number of rotatable bonds is 4. The van der Waals surface area contributed by atoms with Crippen LogP contribution in [-0.2, 0) is 0 Å². The van der Waals surface area contributed by atoms with Crippen molar-refractivity contribution in [3.05, 3.63) is 11.6 Å². The molecule has 2 N–H and O–H groups in total. The largest absolute Gasteiger partial charge is 0.346 e. The van der Waals surface area contributed by atoms with Crippen LogP contribution in [0.5, 0.6) is 0 Å². The van der Waals surface area contributed by atoms with Gasteiger partial charge in [-0.15, -0.1) is 5.10 Å². The quantitative estimate of drug-likeness (QED) is 0.895. The van der Waals surface area contributed by atoms with Gasteiger partial charge < -0.3 is 5.32 Å². The minimum atomic E-state index is -0.150. The Morgan fingerprint density at radius 3 is 2.57 bits per heavy atom. The van der Waals surface area contributed by atoms with Crippen molar-refractivity contribution in [3.63, 3.8) is 0 Å². The second kappa shape index (κ2) is 6.58. The van der Waals surface area contributed by atoms with Crippen molar-refractivity contribution in [1.82, 2.24) is 20.5 Å². The molecule has 21 heavy (non-hydrogen) atoms. The van der Waals surface area contributed by atoms with Crippen molar-refractivity contribution in [3.8, 4) is 0 Å². The van der Waals surface area contributed by atoms with Gasteiger partial charge in [-0.3, -0.25) is 9.89 Å². The molecule has 0 aromatic carbocycles. The minimum absolute atomic E-state index is 0.150. The van der Waals surface area contributed by atoms with Gasteiger partial charge in [-0.1, -0.05) is 41.0 Å². The molecule has 1 saturated carbocycles. The van der Waals surface area contributed by atoms with Crippen LogP contribution in [0, 0.1) is 17.8 Å². The molecule has 2 rings (SSSR count). The van der Waals surface area contributed by atoms with Crippen LogP contribution >= 0.6 is 0 Å². The first-order valence-electron chi connectivity index (χ1n) is 8.11. The Morgan fingerprint density at radius 1 is 1.29 bits per heavy atom.